The Bertz CT molecular complexity index is 627. The molecule has 3 rings (SSSR count). The number of nitrogens with zero attached hydrogens (tertiary/aromatic N) is 1. The number of esters is 1. The van der Waals surface area contributed by atoms with Crippen molar-refractivity contribution in [1.82, 2.24) is 0 Å². The summed E-state index contributed by atoms with van der Waals surface area (Å²) >= 11 is 0. The van der Waals surface area contributed by atoms with Crippen molar-refractivity contribution in [3.05, 3.63) is 39.9 Å². The number of ether oxygens (including phenoxy) is 1. The Kier molecular flexibility index (Phi) is 6.47. The van der Waals surface area contributed by atoms with E-state index in [0.29, 0.717) is 5.56 Å². The van der Waals surface area contributed by atoms with Crippen molar-refractivity contribution in [2.24, 2.45) is 11.8 Å². The summed E-state index contributed by atoms with van der Waals surface area (Å²) in [5.74, 6) is -0.572. The molecule has 0 heterocycles. The second kappa shape index (κ2) is 8.83. The summed E-state index contributed by atoms with van der Waals surface area (Å²) in [5.41, 5.74) is -0.712. The summed E-state index contributed by atoms with van der Waals surface area (Å²) in [6.07, 6.45) is 10.0. The lowest BCUT2D eigenvalue weighted by atomic mass is 9.66. The fraction of sp³-hybridized carbons (Fsp3) is 0.667. The quantitative estimate of drug-likeness (QED) is 0.448. The first-order chi connectivity index (χ1) is 13.0. The molecule has 2 aliphatic carbocycles. The van der Waals surface area contributed by atoms with E-state index in [2.05, 4.69) is 0 Å². The van der Waals surface area contributed by atoms with Crippen LogP contribution in [0.25, 0.3) is 0 Å². The van der Waals surface area contributed by atoms with Crippen LogP contribution < -0.4 is 0 Å². The molecule has 0 radical (unpaired) electrons. The second-order valence-electron chi connectivity index (χ2n) is 7.99. The summed E-state index contributed by atoms with van der Waals surface area (Å²) in [4.78, 5) is 23.3. The number of hydrogen-bond acceptors (Lipinski definition) is 5. The zero-order chi connectivity index (χ0) is 19.3. The van der Waals surface area contributed by atoms with Crippen LogP contribution in [-0.2, 0) is 16.1 Å². The lowest BCUT2D eigenvalue weighted by Crippen LogP contribution is -2.54. The second-order valence-corrected chi connectivity index (χ2v) is 7.99. The van der Waals surface area contributed by atoms with Crippen molar-refractivity contribution in [2.75, 3.05) is 0 Å². The molecule has 1 aromatic rings. The first kappa shape index (κ1) is 19.8. The summed E-state index contributed by atoms with van der Waals surface area (Å²) in [7, 11) is 0. The van der Waals surface area contributed by atoms with Crippen molar-refractivity contribution in [3.63, 3.8) is 0 Å². The van der Waals surface area contributed by atoms with E-state index >= 15 is 0 Å². The van der Waals surface area contributed by atoms with E-state index in [1.165, 1.54) is 12.1 Å². The molecule has 2 saturated carbocycles. The van der Waals surface area contributed by atoms with Gasteiger partial charge in [0.25, 0.3) is 5.69 Å². The standard InChI is InChI=1S/C21H29NO5/c23-20(27-15-16-11-13-19(14-12-16)22(25)26)21(24,17-7-3-1-4-8-17)18-9-5-2-6-10-18/h11-14,17-18,24H,1-10,15H2. The molecule has 1 N–H and O–H groups in total. The molecule has 0 atom stereocenters. The summed E-state index contributed by atoms with van der Waals surface area (Å²) in [6, 6.07) is 5.98. The number of non-ortho nitro benzene ring substituents is 1. The summed E-state index contributed by atoms with van der Waals surface area (Å²) < 4.78 is 5.54. The van der Waals surface area contributed by atoms with Crippen LogP contribution in [0.5, 0.6) is 0 Å². The third-order valence-electron chi connectivity index (χ3n) is 6.30. The third kappa shape index (κ3) is 4.49. The van der Waals surface area contributed by atoms with Crippen molar-refractivity contribution in [1.29, 1.82) is 0 Å². The minimum Gasteiger partial charge on any atom is -0.459 e. The number of nitro groups is 1. The monoisotopic (exact) mass is 375 g/mol. The zero-order valence-corrected chi connectivity index (χ0v) is 15.8. The van der Waals surface area contributed by atoms with Gasteiger partial charge in [0.05, 0.1) is 4.92 Å². The Morgan fingerprint density at radius 1 is 1.00 bits per heavy atom. The largest absolute Gasteiger partial charge is 0.459 e. The van der Waals surface area contributed by atoms with Gasteiger partial charge in [-0.2, -0.15) is 0 Å². The van der Waals surface area contributed by atoms with Gasteiger partial charge in [-0.15, -0.1) is 0 Å². The van der Waals surface area contributed by atoms with Gasteiger partial charge in [0, 0.05) is 12.1 Å². The molecular weight excluding hydrogens is 346 g/mol. The number of hydrogen-bond donors (Lipinski definition) is 1. The van der Waals surface area contributed by atoms with Crippen molar-refractivity contribution >= 4 is 11.7 Å². The van der Waals surface area contributed by atoms with Crippen LogP contribution in [0, 0.1) is 22.0 Å². The molecular formula is C21H29NO5. The zero-order valence-electron chi connectivity index (χ0n) is 15.8. The van der Waals surface area contributed by atoms with E-state index < -0.39 is 16.5 Å². The maximum Gasteiger partial charge on any atom is 0.339 e. The highest BCUT2D eigenvalue weighted by Crippen LogP contribution is 2.43. The van der Waals surface area contributed by atoms with Crippen molar-refractivity contribution < 1.29 is 19.6 Å². The van der Waals surface area contributed by atoms with E-state index in [4.69, 9.17) is 4.74 Å². The predicted octanol–water partition coefficient (Wildman–Crippen LogP) is 4.53. The SMILES string of the molecule is O=C(OCc1ccc([N+](=O)[O-])cc1)C(O)(C1CCCCC1)C1CCCCC1. The maximum atomic E-state index is 13.0. The average Bonchev–Trinajstić information content (AvgIpc) is 2.73. The van der Waals surface area contributed by atoms with Crippen LogP contribution in [0.2, 0.25) is 0 Å². The lowest BCUT2D eigenvalue weighted by Gasteiger charge is -2.43. The smallest absolute Gasteiger partial charge is 0.339 e. The maximum absolute atomic E-state index is 13.0. The number of benzene rings is 1. The van der Waals surface area contributed by atoms with E-state index in [9.17, 15) is 20.0 Å². The summed E-state index contributed by atoms with van der Waals surface area (Å²) in [5, 5.41) is 22.3. The molecule has 148 valence electrons. The van der Waals surface area contributed by atoms with Crippen LogP contribution in [0.15, 0.2) is 24.3 Å². The Hall–Kier alpha value is -1.95. The Balaban J connectivity index is 1.70. The Morgan fingerprint density at radius 2 is 1.48 bits per heavy atom. The van der Waals surface area contributed by atoms with E-state index in [0.717, 1.165) is 64.2 Å². The molecule has 6 nitrogen and oxygen atoms in total. The Morgan fingerprint density at radius 3 is 1.93 bits per heavy atom. The van der Waals surface area contributed by atoms with Crippen molar-refractivity contribution in [3.8, 4) is 0 Å². The van der Waals surface area contributed by atoms with E-state index in [1.807, 2.05) is 0 Å². The van der Waals surface area contributed by atoms with Crippen LogP contribution >= 0.6 is 0 Å². The molecule has 0 aromatic heterocycles. The van der Waals surface area contributed by atoms with Gasteiger partial charge in [-0.25, -0.2) is 4.79 Å². The number of carbonyl (C=O) groups is 1. The van der Waals surface area contributed by atoms with Crippen molar-refractivity contribution in [2.45, 2.75) is 76.4 Å². The number of rotatable bonds is 6. The number of aliphatic hydroxyl groups is 1. The van der Waals surface area contributed by atoms with Crippen LogP contribution in [-0.4, -0.2) is 21.6 Å². The van der Waals surface area contributed by atoms with E-state index in [-0.39, 0.29) is 24.1 Å². The first-order valence-electron chi connectivity index (χ1n) is 10.1. The molecule has 0 unspecified atom stereocenters. The molecule has 6 heteroatoms. The van der Waals surface area contributed by atoms with Gasteiger partial charge in [0.2, 0.25) is 0 Å². The molecule has 0 spiro atoms. The highest BCUT2D eigenvalue weighted by Gasteiger charge is 2.51. The predicted molar refractivity (Wildman–Crippen MR) is 101 cm³/mol. The molecule has 0 aliphatic heterocycles. The minimum atomic E-state index is -1.40. The van der Waals surface area contributed by atoms with Gasteiger partial charge in [-0.3, -0.25) is 10.1 Å². The minimum absolute atomic E-state index is 0.00555. The molecule has 0 saturated heterocycles. The fourth-order valence-electron chi connectivity index (χ4n) is 4.73. The molecule has 2 aliphatic rings. The topological polar surface area (TPSA) is 89.7 Å². The van der Waals surface area contributed by atoms with Crippen LogP contribution in [0.1, 0.15) is 69.8 Å². The van der Waals surface area contributed by atoms with Crippen LogP contribution in [0.3, 0.4) is 0 Å². The molecule has 0 amide bonds. The third-order valence-corrected chi connectivity index (χ3v) is 6.30. The number of nitro benzene ring substituents is 1. The highest BCUT2D eigenvalue weighted by molar-refractivity contribution is 5.80. The molecule has 1 aromatic carbocycles. The van der Waals surface area contributed by atoms with Gasteiger partial charge in [0.15, 0.2) is 5.60 Å². The fourth-order valence-corrected chi connectivity index (χ4v) is 4.73. The first-order valence-corrected chi connectivity index (χ1v) is 10.1. The van der Waals surface area contributed by atoms with Gasteiger partial charge >= 0.3 is 5.97 Å². The van der Waals surface area contributed by atoms with Gasteiger partial charge < -0.3 is 9.84 Å². The van der Waals surface area contributed by atoms with Crippen LogP contribution in [0.4, 0.5) is 5.69 Å². The lowest BCUT2D eigenvalue weighted by molar-refractivity contribution is -0.384. The average molecular weight is 375 g/mol. The van der Waals surface area contributed by atoms with Gasteiger partial charge in [-0.1, -0.05) is 38.5 Å². The van der Waals surface area contributed by atoms with Gasteiger partial charge in [-0.05, 0) is 55.2 Å². The molecule has 0 bridgehead atoms. The summed E-state index contributed by atoms with van der Waals surface area (Å²) in [6.45, 7) is 0.0264. The van der Waals surface area contributed by atoms with E-state index in [1.54, 1.807) is 12.1 Å². The molecule has 2 fully saturated rings. The highest BCUT2D eigenvalue weighted by atomic mass is 16.6. The van der Waals surface area contributed by atoms with Gasteiger partial charge in [0.1, 0.15) is 6.61 Å². The molecule has 27 heavy (non-hydrogen) atoms. The Labute approximate surface area is 160 Å². The number of carbonyl (C=O) groups excluding carboxylic acids is 1. The normalized spacial score (nSPS) is 19.6.